The van der Waals surface area contributed by atoms with E-state index in [0.717, 1.165) is 15.1 Å². The molecule has 0 aliphatic heterocycles. The molecule has 0 spiro atoms. The summed E-state index contributed by atoms with van der Waals surface area (Å²) < 4.78 is 16.3. The van der Waals surface area contributed by atoms with Crippen molar-refractivity contribution in [2.75, 3.05) is 0 Å². The fourth-order valence-corrected chi connectivity index (χ4v) is 2.55. The molecule has 1 heterocycles. The largest absolute Gasteiger partial charge is 0.271 e. The van der Waals surface area contributed by atoms with E-state index in [-0.39, 0.29) is 11.7 Å². The zero-order chi connectivity index (χ0) is 12.6. The van der Waals surface area contributed by atoms with Gasteiger partial charge in [-0.15, -0.1) is 0 Å². The molecule has 3 nitrogen and oxygen atoms in total. The highest BCUT2D eigenvalue weighted by Crippen LogP contribution is 2.22. The molecule has 0 atom stereocenters. The second kappa shape index (κ2) is 4.85. The quantitative estimate of drug-likeness (QED) is 0.651. The van der Waals surface area contributed by atoms with Gasteiger partial charge in [0.2, 0.25) is 0 Å². The van der Waals surface area contributed by atoms with Gasteiger partial charge in [-0.05, 0) is 53.0 Å². The molecule has 1 aromatic heterocycles. The summed E-state index contributed by atoms with van der Waals surface area (Å²) in [5.74, 6) is 0.836. The number of nitrogens with one attached hydrogen (secondary N) is 1. The predicted octanol–water partition coefficient (Wildman–Crippen LogP) is 3.80. The van der Waals surface area contributed by atoms with Crippen molar-refractivity contribution in [2.45, 2.75) is 19.8 Å². The van der Waals surface area contributed by atoms with Crippen molar-refractivity contribution in [2.24, 2.45) is 0 Å². The Labute approximate surface area is 117 Å². The molecule has 0 saturated heterocycles. The van der Waals surface area contributed by atoms with E-state index >= 15 is 0 Å². The predicted molar refractivity (Wildman–Crippen MR) is 75.5 cm³/mol. The van der Waals surface area contributed by atoms with Crippen LogP contribution in [0.2, 0.25) is 0 Å². The van der Waals surface area contributed by atoms with Crippen LogP contribution in [0.4, 0.5) is 4.39 Å². The maximum atomic E-state index is 13.1. The lowest BCUT2D eigenvalue weighted by molar-refractivity contribution is 0.626. The molecule has 0 aliphatic carbocycles. The topological polar surface area (TPSA) is 33.6 Å². The molecule has 0 bridgehead atoms. The Morgan fingerprint density at radius 2 is 2.18 bits per heavy atom. The standard InChI is InChI=1S/C11H11FIN3S/c1-6(2)10-14-15-11(17)16(10)9-4-3-7(12)5-8(9)13/h3-6H,1-2H3,(H,15,17). The van der Waals surface area contributed by atoms with Crippen molar-refractivity contribution in [1.29, 1.82) is 0 Å². The van der Waals surface area contributed by atoms with Crippen LogP contribution in [0.25, 0.3) is 5.69 Å². The third kappa shape index (κ3) is 2.42. The van der Waals surface area contributed by atoms with Gasteiger partial charge in [0, 0.05) is 9.49 Å². The number of nitrogens with zero attached hydrogens (tertiary/aromatic N) is 2. The summed E-state index contributed by atoms with van der Waals surface area (Å²) >= 11 is 7.31. The molecular weight excluding hydrogens is 352 g/mol. The van der Waals surface area contributed by atoms with Crippen LogP contribution in [-0.2, 0) is 0 Å². The molecule has 0 saturated carbocycles. The SMILES string of the molecule is CC(C)c1n[nH]c(=S)n1-c1ccc(F)cc1I. The Kier molecular flexibility index (Phi) is 3.62. The van der Waals surface area contributed by atoms with Gasteiger partial charge in [0.1, 0.15) is 11.6 Å². The van der Waals surface area contributed by atoms with Crippen LogP contribution in [0.3, 0.4) is 0 Å². The number of hydrogen-bond donors (Lipinski definition) is 1. The number of benzene rings is 1. The summed E-state index contributed by atoms with van der Waals surface area (Å²) in [7, 11) is 0. The normalized spacial score (nSPS) is 11.1. The van der Waals surface area contributed by atoms with Crippen LogP contribution in [0.15, 0.2) is 18.2 Å². The van der Waals surface area contributed by atoms with Gasteiger partial charge in [-0.1, -0.05) is 13.8 Å². The third-order valence-electron chi connectivity index (χ3n) is 2.37. The lowest BCUT2D eigenvalue weighted by atomic mass is 10.2. The van der Waals surface area contributed by atoms with Gasteiger partial charge in [-0.3, -0.25) is 9.67 Å². The van der Waals surface area contributed by atoms with E-state index in [4.69, 9.17) is 12.2 Å². The highest BCUT2D eigenvalue weighted by molar-refractivity contribution is 14.1. The van der Waals surface area contributed by atoms with Gasteiger partial charge < -0.3 is 0 Å². The zero-order valence-corrected chi connectivity index (χ0v) is 12.3. The van der Waals surface area contributed by atoms with E-state index in [0.29, 0.717) is 4.77 Å². The minimum atomic E-state index is -0.251. The lowest BCUT2D eigenvalue weighted by Crippen LogP contribution is -2.05. The second-order valence-corrected chi connectivity index (χ2v) is 5.52. The molecule has 0 amide bonds. The number of halogens is 2. The van der Waals surface area contributed by atoms with E-state index in [2.05, 4.69) is 32.8 Å². The maximum absolute atomic E-state index is 13.1. The first-order valence-corrected chi connectivity index (χ1v) is 6.62. The highest BCUT2D eigenvalue weighted by atomic mass is 127. The van der Waals surface area contributed by atoms with E-state index < -0.39 is 0 Å². The average molecular weight is 363 g/mol. The molecule has 0 unspecified atom stereocenters. The molecule has 1 N–H and O–H groups in total. The molecule has 1 aromatic carbocycles. The first kappa shape index (κ1) is 12.7. The minimum absolute atomic E-state index is 0.240. The fourth-order valence-electron chi connectivity index (χ4n) is 1.59. The van der Waals surface area contributed by atoms with Crippen LogP contribution in [0.1, 0.15) is 25.6 Å². The number of aromatic amines is 1. The van der Waals surface area contributed by atoms with Crippen LogP contribution < -0.4 is 0 Å². The molecule has 2 aromatic rings. The lowest BCUT2D eigenvalue weighted by Gasteiger charge is -2.10. The Bertz CT molecular complexity index is 603. The Balaban J connectivity index is 2.68. The van der Waals surface area contributed by atoms with Crippen molar-refractivity contribution in [3.8, 4) is 5.69 Å². The van der Waals surface area contributed by atoms with Crippen LogP contribution in [0.5, 0.6) is 0 Å². The van der Waals surface area contributed by atoms with Gasteiger partial charge in [-0.2, -0.15) is 5.10 Å². The second-order valence-electron chi connectivity index (χ2n) is 3.97. The van der Waals surface area contributed by atoms with Crippen molar-refractivity contribution in [1.82, 2.24) is 14.8 Å². The molecule has 6 heteroatoms. The van der Waals surface area contributed by atoms with E-state index in [9.17, 15) is 4.39 Å². The number of aromatic nitrogens is 3. The number of rotatable bonds is 2. The van der Waals surface area contributed by atoms with Gasteiger partial charge >= 0.3 is 0 Å². The Morgan fingerprint density at radius 1 is 1.47 bits per heavy atom. The molecule has 0 radical (unpaired) electrons. The fraction of sp³-hybridized carbons (Fsp3) is 0.273. The van der Waals surface area contributed by atoms with Crippen molar-refractivity contribution < 1.29 is 4.39 Å². The molecule has 0 fully saturated rings. The number of hydrogen-bond acceptors (Lipinski definition) is 2. The van der Waals surface area contributed by atoms with Crippen molar-refractivity contribution >= 4 is 34.8 Å². The van der Waals surface area contributed by atoms with Crippen LogP contribution in [-0.4, -0.2) is 14.8 Å². The smallest absolute Gasteiger partial charge is 0.199 e. The van der Waals surface area contributed by atoms with Crippen LogP contribution >= 0.6 is 34.8 Å². The van der Waals surface area contributed by atoms with Crippen molar-refractivity contribution in [3.05, 3.63) is 38.2 Å². The van der Waals surface area contributed by atoms with Gasteiger partial charge in [0.25, 0.3) is 0 Å². The van der Waals surface area contributed by atoms with Crippen LogP contribution in [0, 0.1) is 14.2 Å². The zero-order valence-electron chi connectivity index (χ0n) is 9.37. The molecule has 0 aliphatic rings. The average Bonchev–Trinajstić information content (AvgIpc) is 2.60. The third-order valence-corrected chi connectivity index (χ3v) is 3.50. The maximum Gasteiger partial charge on any atom is 0.199 e. The summed E-state index contributed by atoms with van der Waals surface area (Å²) in [6.45, 7) is 4.08. The summed E-state index contributed by atoms with van der Waals surface area (Å²) in [6, 6.07) is 4.62. The van der Waals surface area contributed by atoms with Gasteiger partial charge in [0.05, 0.1) is 5.69 Å². The first-order valence-electron chi connectivity index (χ1n) is 5.13. The molecule has 2 rings (SSSR count). The summed E-state index contributed by atoms with van der Waals surface area (Å²) in [4.78, 5) is 0. The summed E-state index contributed by atoms with van der Waals surface area (Å²) in [5, 5.41) is 6.98. The molecular formula is C11H11FIN3S. The number of H-pyrrole nitrogens is 1. The highest BCUT2D eigenvalue weighted by Gasteiger charge is 2.14. The van der Waals surface area contributed by atoms with Gasteiger partial charge in [-0.25, -0.2) is 4.39 Å². The van der Waals surface area contributed by atoms with Gasteiger partial charge in [0.15, 0.2) is 4.77 Å². The van der Waals surface area contributed by atoms with E-state index in [1.54, 1.807) is 6.07 Å². The Hall–Kier alpha value is -0.760. The summed E-state index contributed by atoms with van der Waals surface area (Å²) in [6.07, 6.45) is 0. The van der Waals surface area contributed by atoms with Crippen molar-refractivity contribution in [3.63, 3.8) is 0 Å². The minimum Gasteiger partial charge on any atom is -0.271 e. The van der Waals surface area contributed by atoms with E-state index in [1.165, 1.54) is 12.1 Å². The summed E-state index contributed by atoms with van der Waals surface area (Å²) in [5.41, 5.74) is 0.856. The Morgan fingerprint density at radius 3 is 2.76 bits per heavy atom. The first-order chi connectivity index (χ1) is 8.00. The molecule has 90 valence electrons. The van der Waals surface area contributed by atoms with E-state index in [1.807, 2.05) is 18.4 Å². The monoisotopic (exact) mass is 363 g/mol. The molecule has 17 heavy (non-hydrogen) atoms.